The maximum absolute atomic E-state index is 9.81. The first-order chi connectivity index (χ1) is 11.3. The summed E-state index contributed by atoms with van der Waals surface area (Å²) in [5.74, 6) is 0. The standard InChI is InChI=1S/C18H39NO3/c1-2-3-4-5-6-7-8-9-10-11-12-13-14-17(21)18(22)16(19)15-20/h16-18,20-22H,2-15,19H2,1H3/t16-,17+,18-/m0/s1/i15+1D2,16+1. The van der Waals surface area contributed by atoms with Gasteiger partial charge in [-0.2, -0.15) is 0 Å². The molecule has 0 heterocycles. The molecule has 0 aromatic carbocycles. The minimum atomic E-state index is -2.68. The van der Waals surface area contributed by atoms with Crippen molar-refractivity contribution in [2.24, 2.45) is 5.73 Å². The second-order valence-electron chi connectivity index (χ2n) is 6.39. The summed E-state index contributed by atoms with van der Waals surface area (Å²) in [4.78, 5) is 0. The Morgan fingerprint density at radius 3 is 1.64 bits per heavy atom. The highest BCUT2D eigenvalue weighted by Gasteiger charge is 2.22. The maximum Gasteiger partial charge on any atom is 0.0971 e. The highest BCUT2D eigenvalue weighted by molar-refractivity contribution is 4.77. The lowest BCUT2D eigenvalue weighted by atomic mass is 10.0. The quantitative estimate of drug-likeness (QED) is 0.260. The van der Waals surface area contributed by atoms with Gasteiger partial charge in [-0.05, 0) is 6.42 Å². The molecule has 0 saturated heterocycles. The van der Waals surface area contributed by atoms with Gasteiger partial charge in [-0.15, -0.1) is 0 Å². The van der Waals surface area contributed by atoms with Crippen molar-refractivity contribution in [3.63, 3.8) is 0 Å². The molecule has 0 aromatic rings. The molecule has 0 aliphatic heterocycles. The monoisotopic (exact) mass is 321 g/mol. The van der Waals surface area contributed by atoms with Crippen LogP contribution in [0.5, 0.6) is 0 Å². The number of aliphatic hydroxyl groups excluding tert-OH is 2. The van der Waals surface area contributed by atoms with E-state index in [2.05, 4.69) is 6.92 Å². The number of hydrogen-bond acceptors (Lipinski definition) is 4. The van der Waals surface area contributed by atoms with Gasteiger partial charge in [0.05, 0.1) is 27.6 Å². The number of rotatable bonds is 16. The largest absolute Gasteiger partial charge is 0.395 e. The Morgan fingerprint density at radius 1 is 0.818 bits per heavy atom. The number of unbranched alkanes of at least 4 members (excludes halogenated alkanes) is 11. The van der Waals surface area contributed by atoms with E-state index in [9.17, 15) is 10.2 Å². The van der Waals surface area contributed by atoms with Crippen LogP contribution in [0.15, 0.2) is 0 Å². The summed E-state index contributed by atoms with van der Waals surface area (Å²) >= 11 is 0. The zero-order valence-electron chi connectivity index (χ0n) is 16.3. The molecule has 0 aliphatic rings. The van der Waals surface area contributed by atoms with Crippen LogP contribution >= 0.6 is 0 Å². The molecule has 0 unspecified atom stereocenters. The molecule has 5 N–H and O–H groups in total. The van der Waals surface area contributed by atoms with E-state index in [1.54, 1.807) is 0 Å². The van der Waals surface area contributed by atoms with Crippen LogP contribution in [0.2, 0.25) is 0 Å². The lowest BCUT2D eigenvalue weighted by Gasteiger charge is -2.22. The van der Waals surface area contributed by atoms with E-state index in [0.717, 1.165) is 19.3 Å². The van der Waals surface area contributed by atoms with Gasteiger partial charge in [0.1, 0.15) is 0 Å². The number of nitrogens with two attached hydrogens (primary N) is 1. The highest BCUT2D eigenvalue weighted by atomic mass is 16.4. The van der Waals surface area contributed by atoms with Crippen molar-refractivity contribution in [2.75, 3.05) is 6.56 Å². The Labute approximate surface area is 139 Å². The van der Waals surface area contributed by atoms with Gasteiger partial charge in [0, 0.05) is 0 Å². The van der Waals surface area contributed by atoms with Crippen molar-refractivity contribution in [3.05, 3.63) is 0 Å². The van der Waals surface area contributed by atoms with E-state index in [-0.39, 0.29) is 0 Å². The average molecular weight is 322 g/mol. The fourth-order valence-corrected chi connectivity index (χ4v) is 2.68. The number of aliphatic hydroxyl groups is 3. The Kier molecular flexibility index (Phi) is 13.0. The molecule has 0 radical (unpaired) electrons. The minimum Gasteiger partial charge on any atom is -0.395 e. The molecular weight excluding hydrogens is 280 g/mol. The van der Waals surface area contributed by atoms with E-state index in [1.807, 2.05) is 0 Å². The van der Waals surface area contributed by atoms with Crippen LogP contribution < -0.4 is 5.73 Å². The molecule has 0 spiro atoms. The van der Waals surface area contributed by atoms with Crippen LogP contribution in [-0.2, 0) is 0 Å². The molecule has 0 rings (SSSR count). The van der Waals surface area contributed by atoms with Crippen molar-refractivity contribution < 1.29 is 18.1 Å². The average Bonchev–Trinajstić information content (AvgIpc) is 2.53. The van der Waals surface area contributed by atoms with Gasteiger partial charge >= 0.3 is 0 Å². The molecule has 3 atom stereocenters. The van der Waals surface area contributed by atoms with Crippen molar-refractivity contribution in [1.29, 1.82) is 0 Å². The Morgan fingerprint density at radius 2 is 1.23 bits per heavy atom. The van der Waals surface area contributed by atoms with Crippen molar-refractivity contribution in [2.45, 2.75) is 109 Å². The summed E-state index contributed by atoms with van der Waals surface area (Å²) in [6.07, 6.45) is 12.5. The molecule has 0 aliphatic carbocycles. The predicted octanol–water partition coefficient (Wildman–Crippen LogP) is 3.12. The second-order valence-corrected chi connectivity index (χ2v) is 6.39. The van der Waals surface area contributed by atoms with Gasteiger partial charge in [0.2, 0.25) is 0 Å². The van der Waals surface area contributed by atoms with E-state index >= 15 is 0 Å². The Balaban J connectivity index is 3.47. The van der Waals surface area contributed by atoms with E-state index in [4.69, 9.17) is 13.6 Å². The Bertz CT molecular complexity index is 288. The van der Waals surface area contributed by atoms with Gasteiger partial charge in [-0.25, -0.2) is 0 Å². The zero-order chi connectivity index (χ0) is 18.4. The lowest BCUT2D eigenvalue weighted by molar-refractivity contribution is -0.0121. The summed E-state index contributed by atoms with van der Waals surface area (Å²) < 4.78 is 14.1. The summed E-state index contributed by atoms with van der Waals surface area (Å²) in [5.41, 5.74) is 5.40. The SMILES string of the molecule is [2H][13C]([2H])(O)[13C@H](N)[C@H](O)[C@H](O)CCCCCCCCCCCCCC. The fraction of sp³-hybridized carbons (Fsp3) is 1.00. The van der Waals surface area contributed by atoms with E-state index in [0.29, 0.717) is 6.42 Å². The summed E-state index contributed by atoms with van der Waals surface area (Å²) in [7, 11) is 0. The molecule has 0 aromatic heterocycles. The predicted molar refractivity (Wildman–Crippen MR) is 92.8 cm³/mol. The van der Waals surface area contributed by atoms with Crippen LogP contribution in [0.3, 0.4) is 0 Å². The topological polar surface area (TPSA) is 86.7 Å². The van der Waals surface area contributed by atoms with E-state index in [1.165, 1.54) is 57.8 Å². The Hall–Kier alpha value is -0.160. The normalized spacial score (nSPS) is 17.7. The van der Waals surface area contributed by atoms with E-state index < -0.39 is 24.8 Å². The second kappa shape index (κ2) is 15.7. The molecule has 0 fully saturated rings. The third kappa shape index (κ3) is 12.4. The molecule has 0 saturated carbocycles. The van der Waals surface area contributed by atoms with Crippen LogP contribution in [-0.4, -0.2) is 40.1 Å². The first kappa shape index (κ1) is 18.2. The summed E-state index contributed by atoms with van der Waals surface area (Å²) in [5, 5.41) is 28.6. The maximum atomic E-state index is 9.81. The van der Waals surface area contributed by atoms with Crippen molar-refractivity contribution >= 4 is 0 Å². The van der Waals surface area contributed by atoms with Crippen LogP contribution in [0.1, 0.15) is 93.1 Å². The minimum absolute atomic E-state index is 0.377. The summed E-state index contributed by atoms with van der Waals surface area (Å²) in [6, 6.07) is -1.50. The first-order valence-corrected chi connectivity index (χ1v) is 9.14. The van der Waals surface area contributed by atoms with Crippen molar-refractivity contribution in [3.8, 4) is 0 Å². The third-order valence-electron chi connectivity index (χ3n) is 4.26. The zero-order valence-corrected chi connectivity index (χ0v) is 14.3. The van der Waals surface area contributed by atoms with Gasteiger partial charge in [-0.3, -0.25) is 0 Å². The number of hydrogen-bond donors (Lipinski definition) is 4. The third-order valence-corrected chi connectivity index (χ3v) is 4.26. The molecule has 0 bridgehead atoms. The van der Waals surface area contributed by atoms with Crippen molar-refractivity contribution in [1.82, 2.24) is 0 Å². The lowest BCUT2D eigenvalue weighted by Crippen LogP contribution is -2.45. The molecule has 134 valence electrons. The van der Waals surface area contributed by atoms with Gasteiger partial charge in [0.25, 0.3) is 0 Å². The molecule has 4 heteroatoms. The molecule has 0 amide bonds. The van der Waals surface area contributed by atoms with Crippen LogP contribution in [0.25, 0.3) is 0 Å². The van der Waals surface area contributed by atoms with Gasteiger partial charge < -0.3 is 21.1 Å². The highest BCUT2D eigenvalue weighted by Crippen LogP contribution is 2.14. The fourth-order valence-electron chi connectivity index (χ4n) is 2.68. The van der Waals surface area contributed by atoms with Crippen LogP contribution in [0, 0.1) is 0 Å². The molecular formula is C18H39NO3. The van der Waals surface area contributed by atoms with Crippen LogP contribution in [0.4, 0.5) is 0 Å². The summed E-state index contributed by atoms with van der Waals surface area (Å²) in [6.45, 7) is -0.449. The van der Waals surface area contributed by atoms with Gasteiger partial charge in [-0.1, -0.05) is 84.0 Å². The van der Waals surface area contributed by atoms with Gasteiger partial charge in [0.15, 0.2) is 0 Å². The molecule has 22 heavy (non-hydrogen) atoms. The smallest absolute Gasteiger partial charge is 0.0971 e. The first-order valence-electron chi connectivity index (χ1n) is 10.1. The molecule has 4 nitrogen and oxygen atoms in total.